The SMILES string of the molecule is O=c1[nH]cc(F)c(=O)n1C1CN(S(=O)(=O)c2ccc([N+](=O)[O-])cc2)c2ccccc2CO1. The van der Waals surface area contributed by atoms with Crippen LogP contribution in [0.5, 0.6) is 0 Å². The predicted octanol–water partition coefficient (Wildman–Crippen LogP) is 1.51. The number of aromatic amines is 1. The number of sulfonamides is 1. The summed E-state index contributed by atoms with van der Waals surface area (Å²) in [5, 5.41) is 10.9. The minimum atomic E-state index is -4.31. The van der Waals surface area contributed by atoms with Crippen LogP contribution < -0.4 is 15.6 Å². The molecule has 1 N–H and O–H groups in total. The average Bonchev–Trinajstić information content (AvgIpc) is 2.97. The molecular formula is C19H15FN4O7S. The molecule has 0 saturated carbocycles. The predicted molar refractivity (Wildman–Crippen MR) is 109 cm³/mol. The number of anilines is 1. The first-order chi connectivity index (χ1) is 15.2. The third kappa shape index (κ3) is 3.67. The van der Waals surface area contributed by atoms with Crippen molar-refractivity contribution < 1.29 is 22.5 Å². The monoisotopic (exact) mass is 462 g/mol. The number of halogens is 1. The molecule has 0 fully saturated rings. The molecule has 2 aromatic carbocycles. The molecule has 1 atom stereocenters. The topological polar surface area (TPSA) is 145 Å². The fourth-order valence-corrected chi connectivity index (χ4v) is 4.83. The van der Waals surface area contributed by atoms with Crippen molar-refractivity contribution in [3.63, 3.8) is 0 Å². The second-order valence-electron chi connectivity index (χ2n) is 6.80. The number of hydrogen-bond donors (Lipinski definition) is 1. The van der Waals surface area contributed by atoms with E-state index in [4.69, 9.17) is 4.74 Å². The fourth-order valence-electron chi connectivity index (χ4n) is 3.33. The van der Waals surface area contributed by atoms with E-state index in [2.05, 4.69) is 4.98 Å². The second kappa shape index (κ2) is 8.01. The Bertz CT molecular complexity index is 1420. The number of nitro benzene ring substituents is 1. The van der Waals surface area contributed by atoms with Crippen LogP contribution in [0.2, 0.25) is 0 Å². The van der Waals surface area contributed by atoms with Gasteiger partial charge in [-0.2, -0.15) is 4.39 Å². The summed E-state index contributed by atoms with van der Waals surface area (Å²) in [7, 11) is -4.31. The van der Waals surface area contributed by atoms with Crippen molar-refractivity contribution in [1.29, 1.82) is 0 Å². The number of nitrogens with one attached hydrogen (secondary N) is 1. The molecule has 0 aliphatic carbocycles. The number of benzene rings is 2. The summed E-state index contributed by atoms with van der Waals surface area (Å²) < 4.78 is 47.8. The van der Waals surface area contributed by atoms with Crippen LogP contribution in [-0.2, 0) is 21.4 Å². The molecule has 1 aromatic heterocycles. The molecule has 1 aliphatic rings. The summed E-state index contributed by atoms with van der Waals surface area (Å²) in [6.45, 7) is -0.682. The highest BCUT2D eigenvalue weighted by molar-refractivity contribution is 7.92. The third-order valence-electron chi connectivity index (χ3n) is 4.90. The molecule has 166 valence electrons. The van der Waals surface area contributed by atoms with E-state index < -0.39 is 44.8 Å². The number of aromatic nitrogens is 2. The van der Waals surface area contributed by atoms with Crippen molar-refractivity contribution in [1.82, 2.24) is 9.55 Å². The van der Waals surface area contributed by atoms with Gasteiger partial charge in [-0.05, 0) is 18.2 Å². The molecule has 2 heterocycles. The van der Waals surface area contributed by atoms with Gasteiger partial charge in [-0.15, -0.1) is 0 Å². The van der Waals surface area contributed by atoms with Crippen LogP contribution >= 0.6 is 0 Å². The van der Waals surface area contributed by atoms with Gasteiger partial charge >= 0.3 is 5.69 Å². The van der Waals surface area contributed by atoms with E-state index in [-0.39, 0.29) is 22.9 Å². The van der Waals surface area contributed by atoms with Gasteiger partial charge in [0, 0.05) is 23.9 Å². The van der Waals surface area contributed by atoms with Crippen molar-refractivity contribution in [3.05, 3.63) is 97.1 Å². The van der Waals surface area contributed by atoms with Crippen LogP contribution in [0, 0.1) is 15.9 Å². The summed E-state index contributed by atoms with van der Waals surface area (Å²) in [6.07, 6.45) is -0.833. The molecular weight excluding hydrogens is 447 g/mol. The van der Waals surface area contributed by atoms with Crippen molar-refractivity contribution in [2.24, 2.45) is 0 Å². The van der Waals surface area contributed by atoms with Gasteiger partial charge in [0.2, 0.25) is 5.82 Å². The molecule has 32 heavy (non-hydrogen) atoms. The molecule has 0 saturated heterocycles. The van der Waals surface area contributed by atoms with Gasteiger partial charge in [-0.25, -0.2) is 17.8 Å². The van der Waals surface area contributed by atoms with Crippen LogP contribution in [0.1, 0.15) is 11.8 Å². The molecule has 3 aromatic rings. The maximum Gasteiger partial charge on any atom is 0.330 e. The van der Waals surface area contributed by atoms with Gasteiger partial charge in [0.15, 0.2) is 6.23 Å². The van der Waals surface area contributed by atoms with Crippen molar-refractivity contribution in [2.45, 2.75) is 17.7 Å². The maximum atomic E-state index is 13.8. The van der Waals surface area contributed by atoms with Gasteiger partial charge in [0.1, 0.15) is 0 Å². The smallest absolute Gasteiger partial charge is 0.330 e. The van der Waals surface area contributed by atoms with E-state index in [0.29, 0.717) is 16.3 Å². The van der Waals surface area contributed by atoms with Gasteiger partial charge in [-0.3, -0.25) is 19.2 Å². The summed E-state index contributed by atoms with van der Waals surface area (Å²) in [4.78, 5) is 36.5. The fraction of sp³-hybridized carbons (Fsp3) is 0.158. The first-order valence-electron chi connectivity index (χ1n) is 9.16. The molecule has 1 unspecified atom stereocenters. The Kier molecular flexibility index (Phi) is 5.36. The Morgan fingerprint density at radius 2 is 1.81 bits per heavy atom. The van der Waals surface area contributed by atoms with Crippen LogP contribution in [0.25, 0.3) is 0 Å². The Hall–Kier alpha value is -3.84. The van der Waals surface area contributed by atoms with E-state index in [1.807, 2.05) is 0 Å². The van der Waals surface area contributed by atoms with Crippen LogP contribution in [0.3, 0.4) is 0 Å². The molecule has 0 spiro atoms. The number of rotatable bonds is 4. The first kappa shape index (κ1) is 21.4. The van der Waals surface area contributed by atoms with Gasteiger partial charge in [0.25, 0.3) is 21.3 Å². The number of hydrogen-bond acceptors (Lipinski definition) is 7. The summed E-state index contributed by atoms with van der Waals surface area (Å²) in [6, 6.07) is 10.6. The highest BCUT2D eigenvalue weighted by atomic mass is 32.2. The van der Waals surface area contributed by atoms with Crippen molar-refractivity contribution in [3.8, 4) is 0 Å². The van der Waals surface area contributed by atoms with E-state index in [0.717, 1.165) is 28.6 Å². The van der Waals surface area contributed by atoms with Gasteiger partial charge < -0.3 is 9.72 Å². The molecule has 0 bridgehead atoms. The van der Waals surface area contributed by atoms with Crippen LogP contribution in [-0.4, -0.2) is 29.4 Å². The molecule has 1 aliphatic heterocycles. The summed E-state index contributed by atoms with van der Waals surface area (Å²) >= 11 is 0. The highest BCUT2D eigenvalue weighted by Crippen LogP contribution is 2.33. The zero-order valence-corrected chi connectivity index (χ0v) is 17.0. The number of para-hydroxylation sites is 1. The lowest BCUT2D eigenvalue weighted by Gasteiger charge is -2.27. The lowest BCUT2D eigenvalue weighted by Crippen LogP contribution is -2.45. The Labute approximate surface area is 179 Å². The number of nitro groups is 1. The highest BCUT2D eigenvalue weighted by Gasteiger charge is 2.34. The van der Waals surface area contributed by atoms with Crippen LogP contribution in [0.4, 0.5) is 15.8 Å². The zero-order chi connectivity index (χ0) is 23.0. The first-order valence-corrected chi connectivity index (χ1v) is 10.6. The van der Waals surface area contributed by atoms with Crippen molar-refractivity contribution in [2.75, 3.05) is 10.8 Å². The van der Waals surface area contributed by atoms with E-state index in [1.54, 1.807) is 18.2 Å². The van der Waals surface area contributed by atoms with E-state index in [9.17, 15) is 32.5 Å². The number of fused-ring (bicyclic) bond motifs is 1. The average molecular weight is 462 g/mol. The number of non-ortho nitro benzene ring substituents is 1. The van der Waals surface area contributed by atoms with E-state index in [1.165, 1.54) is 6.07 Å². The minimum Gasteiger partial charge on any atom is -0.351 e. The molecule has 0 amide bonds. The van der Waals surface area contributed by atoms with Crippen LogP contribution in [0.15, 0.2) is 69.2 Å². The third-order valence-corrected chi connectivity index (χ3v) is 6.70. The lowest BCUT2D eigenvalue weighted by molar-refractivity contribution is -0.384. The van der Waals surface area contributed by atoms with Gasteiger partial charge in [-0.1, -0.05) is 18.2 Å². The molecule has 4 rings (SSSR count). The Morgan fingerprint density at radius 3 is 2.50 bits per heavy atom. The summed E-state index contributed by atoms with van der Waals surface area (Å²) in [5.41, 5.74) is -1.85. The quantitative estimate of drug-likeness (QED) is 0.457. The molecule has 13 heteroatoms. The van der Waals surface area contributed by atoms with E-state index >= 15 is 0 Å². The van der Waals surface area contributed by atoms with Crippen molar-refractivity contribution >= 4 is 21.4 Å². The maximum absolute atomic E-state index is 13.8. The Morgan fingerprint density at radius 1 is 1.12 bits per heavy atom. The zero-order valence-electron chi connectivity index (χ0n) is 16.2. The standard InChI is InChI=1S/C19H15FN4O7S/c20-15-9-21-19(26)23(18(15)25)17-10-22(16-4-2-1-3-12(16)11-31-17)32(29,30)14-7-5-13(6-8-14)24(27)28/h1-9,17H,10-11H2,(H,21,26). The minimum absolute atomic E-state index is 0.157. The Balaban J connectivity index is 1.84. The molecule has 0 radical (unpaired) electrons. The number of H-pyrrole nitrogens is 1. The number of ether oxygens (including phenoxy) is 1. The lowest BCUT2D eigenvalue weighted by atomic mass is 10.2. The number of nitrogens with zero attached hydrogens (tertiary/aromatic N) is 3. The second-order valence-corrected chi connectivity index (χ2v) is 8.66. The normalized spacial score (nSPS) is 16.3. The summed E-state index contributed by atoms with van der Waals surface area (Å²) in [5.74, 6) is -1.24. The molecule has 11 nitrogen and oxygen atoms in total. The van der Waals surface area contributed by atoms with Gasteiger partial charge in [0.05, 0.1) is 28.7 Å². The largest absolute Gasteiger partial charge is 0.351 e.